The number of aliphatic imine (C=N–C) groups is 1. The molecule has 28 heavy (non-hydrogen) atoms. The summed E-state index contributed by atoms with van der Waals surface area (Å²) in [6.07, 6.45) is 2.14. The minimum absolute atomic E-state index is 0. The molecule has 0 saturated carbocycles. The van der Waals surface area contributed by atoms with Crippen molar-refractivity contribution in [3.05, 3.63) is 52.0 Å². The SMILES string of the molecule is CCNC(=NCc1ccc(O)c(F)c1)NC1CCN(Cc2ccsc2)CC1.I. The molecule has 0 unspecified atom stereocenters. The van der Waals surface area contributed by atoms with Crippen molar-refractivity contribution < 1.29 is 9.50 Å². The number of nitrogens with zero attached hydrogens (tertiary/aromatic N) is 2. The molecule has 3 rings (SSSR count). The number of guanidine groups is 1. The lowest BCUT2D eigenvalue weighted by atomic mass is 10.0. The Morgan fingerprint density at radius 1 is 1.29 bits per heavy atom. The summed E-state index contributed by atoms with van der Waals surface area (Å²) in [6, 6.07) is 6.96. The van der Waals surface area contributed by atoms with Gasteiger partial charge in [0.05, 0.1) is 6.54 Å². The van der Waals surface area contributed by atoms with Gasteiger partial charge in [0.1, 0.15) is 0 Å². The maximum atomic E-state index is 13.5. The summed E-state index contributed by atoms with van der Waals surface area (Å²) < 4.78 is 13.5. The van der Waals surface area contributed by atoms with Crippen LogP contribution in [-0.4, -0.2) is 41.6 Å². The van der Waals surface area contributed by atoms with Crippen LogP contribution in [0.15, 0.2) is 40.0 Å². The first-order valence-electron chi connectivity index (χ1n) is 9.39. The molecule has 154 valence electrons. The fraction of sp³-hybridized carbons (Fsp3) is 0.450. The van der Waals surface area contributed by atoms with Gasteiger partial charge in [0.15, 0.2) is 17.5 Å². The molecule has 1 fully saturated rings. The molecule has 8 heteroatoms. The highest BCUT2D eigenvalue weighted by Gasteiger charge is 2.20. The molecule has 1 aromatic carbocycles. The second-order valence-corrected chi connectivity index (χ2v) is 7.59. The topological polar surface area (TPSA) is 59.9 Å². The van der Waals surface area contributed by atoms with Gasteiger partial charge in [-0.1, -0.05) is 6.07 Å². The maximum Gasteiger partial charge on any atom is 0.191 e. The third-order valence-corrected chi connectivity index (χ3v) is 5.42. The minimum atomic E-state index is -0.612. The average Bonchev–Trinajstić information content (AvgIpc) is 3.17. The van der Waals surface area contributed by atoms with Crippen molar-refractivity contribution in [1.29, 1.82) is 0 Å². The van der Waals surface area contributed by atoms with E-state index in [4.69, 9.17) is 0 Å². The predicted molar refractivity (Wildman–Crippen MR) is 124 cm³/mol. The van der Waals surface area contributed by atoms with Gasteiger partial charge in [-0.05, 0) is 59.9 Å². The molecule has 0 spiro atoms. The quantitative estimate of drug-likeness (QED) is 0.308. The number of phenols is 1. The molecule has 0 amide bonds. The molecule has 0 bridgehead atoms. The summed E-state index contributed by atoms with van der Waals surface area (Å²) in [5.41, 5.74) is 2.12. The van der Waals surface area contributed by atoms with Crippen molar-refractivity contribution >= 4 is 41.3 Å². The van der Waals surface area contributed by atoms with Crippen molar-refractivity contribution in [3.63, 3.8) is 0 Å². The Balaban J connectivity index is 0.00000280. The molecule has 0 atom stereocenters. The van der Waals surface area contributed by atoms with Gasteiger partial charge in [0, 0.05) is 32.2 Å². The highest BCUT2D eigenvalue weighted by Crippen LogP contribution is 2.17. The van der Waals surface area contributed by atoms with Crippen molar-refractivity contribution in [2.24, 2.45) is 4.99 Å². The molecule has 1 aromatic heterocycles. The lowest BCUT2D eigenvalue weighted by Crippen LogP contribution is -2.48. The molecule has 1 aliphatic rings. The van der Waals surface area contributed by atoms with E-state index in [9.17, 15) is 9.50 Å². The van der Waals surface area contributed by atoms with Gasteiger partial charge in [0.2, 0.25) is 0 Å². The lowest BCUT2D eigenvalue weighted by Gasteiger charge is -2.33. The smallest absolute Gasteiger partial charge is 0.191 e. The Morgan fingerprint density at radius 3 is 2.71 bits per heavy atom. The maximum absolute atomic E-state index is 13.5. The summed E-state index contributed by atoms with van der Waals surface area (Å²) in [7, 11) is 0. The predicted octanol–water partition coefficient (Wildman–Crippen LogP) is 3.93. The van der Waals surface area contributed by atoms with E-state index in [0.717, 1.165) is 50.5 Å². The van der Waals surface area contributed by atoms with E-state index in [1.807, 2.05) is 6.92 Å². The van der Waals surface area contributed by atoms with Crippen LogP contribution in [-0.2, 0) is 13.1 Å². The number of hydrogen-bond donors (Lipinski definition) is 3. The van der Waals surface area contributed by atoms with E-state index in [2.05, 4.69) is 37.4 Å². The number of benzene rings is 1. The lowest BCUT2D eigenvalue weighted by molar-refractivity contribution is 0.198. The van der Waals surface area contributed by atoms with E-state index < -0.39 is 5.82 Å². The van der Waals surface area contributed by atoms with Gasteiger partial charge >= 0.3 is 0 Å². The van der Waals surface area contributed by atoms with Crippen LogP contribution in [0.4, 0.5) is 4.39 Å². The number of thiophene rings is 1. The van der Waals surface area contributed by atoms with Crippen LogP contribution in [0.1, 0.15) is 30.9 Å². The van der Waals surface area contributed by atoms with Crippen LogP contribution < -0.4 is 10.6 Å². The molecule has 1 aliphatic heterocycles. The normalized spacial score (nSPS) is 15.9. The molecule has 3 N–H and O–H groups in total. The summed E-state index contributed by atoms with van der Waals surface area (Å²) in [4.78, 5) is 7.05. The number of nitrogens with one attached hydrogen (secondary N) is 2. The Kier molecular flexibility index (Phi) is 9.46. The molecule has 2 heterocycles. The zero-order valence-electron chi connectivity index (χ0n) is 16.0. The Morgan fingerprint density at radius 2 is 2.07 bits per heavy atom. The fourth-order valence-corrected chi connectivity index (χ4v) is 3.87. The van der Waals surface area contributed by atoms with Crippen LogP contribution in [0.3, 0.4) is 0 Å². The minimum Gasteiger partial charge on any atom is -0.505 e. The molecule has 0 radical (unpaired) electrons. The molecule has 0 aliphatic carbocycles. The summed E-state index contributed by atoms with van der Waals surface area (Å²) >= 11 is 1.75. The van der Waals surface area contributed by atoms with Crippen LogP contribution in [0, 0.1) is 5.82 Å². The average molecular weight is 518 g/mol. The zero-order chi connectivity index (χ0) is 19.1. The van der Waals surface area contributed by atoms with E-state index >= 15 is 0 Å². The van der Waals surface area contributed by atoms with Crippen molar-refractivity contribution in [2.45, 2.75) is 38.9 Å². The monoisotopic (exact) mass is 518 g/mol. The van der Waals surface area contributed by atoms with E-state index in [1.165, 1.54) is 17.7 Å². The number of likely N-dealkylation sites (tertiary alicyclic amines) is 1. The number of halogens is 2. The van der Waals surface area contributed by atoms with Crippen LogP contribution >= 0.6 is 35.3 Å². The first-order valence-corrected chi connectivity index (χ1v) is 10.3. The zero-order valence-corrected chi connectivity index (χ0v) is 19.2. The highest BCUT2D eigenvalue weighted by molar-refractivity contribution is 14.0. The number of piperidine rings is 1. The Labute approximate surface area is 187 Å². The van der Waals surface area contributed by atoms with Gasteiger partial charge in [0.25, 0.3) is 0 Å². The Bertz CT molecular complexity index is 749. The summed E-state index contributed by atoms with van der Waals surface area (Å²) in [5.74, 6) is -0.192. The highest BCUT2D eigenvalue weighted by atomic mass is 127. The second kappa shape index (κ2) is 11.6. The molecule has 2 aromatic rings. The first-order chi connectivity index (χ1) is 13.1. The summed E-state index contributed by atoms with van der Waals surface area (Å²) in [5, 5.41) is 20.4. The van der Waals surface area contributed by atoms with Gasteiger partial charge in [-0.25, -0.2) is 9.38 Å². The van der Waals surface area contributed by atoms with Gasteiger partial charge in [-0.2, -0.15) is 11.3 Å². The van der Waals surface area contributed by atoms with Crippen LogP contribution in [0.25, 0.3) is 0 Å². The molecule has 1 saturated heterocycles. The van der Waals surface area contributed by atoms with Gasteiger partial charge in [-0.15, -0.1) is 24.0 Å². The van der Waals surface area contributed by atoms with Crippen molar-refractivity contribution in [1.82, 2.24) is 15.5 Å². The molecular weight excluding hydrogens is 490 g/mol. The van der Waals surface area contributed by atoms with Crippen LogP contribution in [0.2, 0.25) is 0 Å². The first kappa shape index (κ1) is 22.9. The van der Waals surface area contributed by atoms with E-state index in [0.29, 0.717) is 12.6 Å². The number of hydrogen-bond acceptors (Lipinski definition) is 4. The van der Waals surface area contributed by atoms with Crippen molar-refractivity contribution in [3.8, 4) is 5.75 Å². The largest absolute Gasteiger partial charge is 0.505 e. The number of rotatable bonds is 6. The third kappa shape index (κ3) is 6.89. The Hall–Kier alpha value is -1.39. The molecule has 5 nitrogen and oxygen atoms in total. The van der Waals surface area contributed by atoms with E-state index in [1.54, 1.807) is 17.4 Å². The van der Waals surface area contributed by atoms with Gasteiger partial charge < -0.3 is 15.7 Å². The standard InChI is InChI=1S/C20H27FN4OS.HI/c1-2-22-20(23-12-15-3-4-19(26)18(21)11-15)24-17-5-8-25(9-6-17)13-16-7-10-27-14-16;/h3-4,7,10-11,14,17,26H,2,5-6,8-9,12-13H2,1H3,(H2,22,23,24);1H. The van der Waals surface area contributed by atoms with Gasteiger partial charge in [-0.3, -0.25) is 4.90 Å². The van der Waals surface area contributed by atoms with Crippen molar-refractivity contribution in [2.75, 3.05) is 19.6 Å². The third-order valence-electron chi connectivity index (χ3n) is 4.69. The molecular formula is C20H28FIN4OS. The number of phenolic OH excluding ortho intramolecular Hbond substituents is 1. The number of aromatic hydroxyl groups is 1. The summed E-state index contributed by atoms with van der Waals surface area (Å²) in [6.45, 7) is 6.32. The van der Waals surface area contributed by atoms with E-state index in [-0.39, 0.29) is 29.7 Å². The van der Waals surface area contributed by atoms with Crippen LogP contribution in [0.5, 0.6) is 5.75 Å². The second-order valence-electron chi connectivity index (χ2n) is 6.81. The fourth-order valence-electron chi connectivity index (χ4n) is 3.21.